The summed E-state index contributed by atoms with van der Waals surface area (Å²) in [4.78, 5) is 16.2. The Bertz CT molecular complexity index is 261. The van der Waals surface area contributed by atoms with Crippen molar-refractivity contribution < 1.29 is 9.53 Å². The molecule has 17 heavy (non-hydrogen) atoms. The van der Waals surface area contributed by atoms with Crippen LogP contribution in [0.5, 0.6) is 0 Å². The van der Waals surface area contributed by atoms with Crippen molar-refractivity contribution in [3.8, 4) is 0 Å². The third-order valence-electron chi connectivity index (χ3n) is 3.12. The first-order chi connectivity index (χ1) is 7.74. The van der Waals surface area contributed by atoms with Crippen LogP contribution in [0.3, 0.4) is 0 Å². The van der Waals surface area contributed by atoms with E-state index in [1.807, 2.05) is 25.7 Å². The van der Waals surface area contributed by atoms with Gasteiger partial charge in [-0.2, -0.15) is 0 Å². The van der Waals surface area contributed by atoms with Gasteiger partial charge in [-0.05, 0) is 41.2 Å². The van der Waals surface area contributed by atoms with Crippen molar-refractivity contribution in [3.05, 3.63) is 0 Å². The van der Waals surface area contributed by atoms with Crippen molar-refractivity contribution >= 4 is 6.09 Å². The lowest BCUT2D eigenvalue weighted by molar-refractivity contribution is -0.00618. The standard InChI is InChI=1S/C13H26N2O2/c1-7-15-10(2)8-14(9-11(15)3)12(16)17-13(4,5)6/h10-11H,7-9H2,1-6H3/t10-,11+. The smallest absolute Gasteiger partial charge is 0.410 e. The number of carbonyl (C=O) groups is 1. The van der Waals surface area contributed by atoms with E-state index in [1.165, 1.54) is 0 Å². The maximum Gasteiger partial charge on any atom is 0.410 e. The van der Waals surface area contributed by atoms with E-state index in [1.54, 1.807) is 0 Å². The molecule has 1 rings (SSSR count). The maximum atomic E-state index is 12.0. The Kier molecular flexibility index (Phi) is 4.42. The minimum absolute atomic E-state index is 0.188. The lowest BCUT2D eigenvalue weighted by Gasteiger charge is -2.44. The number of hydrogen-bond acceptors (Lipinski definition) is 3. The molecule has 0 radical (unpaired) electrons. The molecule has 0 bridgehead atoms. The summed E-state index contributed by atoms with van der Waals surface area (Å²) in [6.45, 7) is 14.7. The molecule has 2 atom stereocenters. The summed E-state index contributed by atoms with van der Waals surface area (Å²) >= 11 is 0. The summed E-state index contributed by atoms with van der Waals surface area (Å²) in [6, 6.07) is 0.799. The average Bonchev–Trinajstić information content (AvgIpc) is 2.14. The Morgan fingerprint density at radius 1 is 1.24 bits per heavy atom. The van der Waals surface area contributed by atoms with Gasteiger partial charge in [0.15, 0.2) is 0 Å². The van der Waals surface area contributed by atoms with Crippen molar-refractivity contribution in [3.63, 3.8) is 0 Å². The minimum Gasteiger partial charge on any atom is -0.444 e. The number of ether oxygens (including phenoxy) is 1. The second-order valence-corrected chi connectivity index (χ2v) is 5.91. The summed E-state index contributed by atoms with van der Waals surface area (Å²) in [5, 5.41) is 0. The second-order valence-electron chi connectivity index (χ2n) is 5.91. The van der Waals surface area contributed by atoms with Crippen LogP contribution < -0.4 is 0 Å². The first kappa shape index (κ1) is 14.3. The van der Waals surface area contributed by atoms with Crippen molar-refractivity contribution in [2.45, 2.75) is 59.2 Å². The normalized spacial score (nSPS) is 27.1. The summed E-state index contributed by atoms with van der Waals surface area (Å²) in [5.74, 6) is 0. The fourth-order valence-corrected chi connectivity index (χ4v) is 2.46. The highest BCUT2D eigenvalue weighted by Gasteiger charge is 2.32. The predicted octanol–water partition coefficient (Wildman–Crippen LogP) is 2.34. The second kappa shape index (κ2) is 5.25. The highest BCUT2D eigenvalue weighted by molar-refractivity contribution is 5.68. The molecule has 0 aromatic heterocycles. The monoisotopic (exact) mass is 242 g/mol. The third-order valence-corrected chi connectivity index (χ3v) is 3.12. The lowest BCUT2D eigenvalue weighted by Crippen LogP contribution is -2.58. The van der Waals surface area contributed by atoms with E-state index in [9.17, 15) is 4.79 Å². The molecule has 1 aliphatic heterocycles. The Balaban J connectivity index is 2.60. The molecular weight excluding hydrogens is 216 g/mol. The van der Waals surface area contributed by atoms with Crippen LogP contribution in [-0.2, 0) is 4.74 Å². The van der Waals surface area contributed by atoms with Gasteiger partial charge in [0.05, 0.1) is 0 Å². The molecule has 0 aliphatic carbocycles. The van der Waals surface area contributed by atoms with Crippen LogP contribution in [0.15, 0.2) is 0 Å². The van der Waals surface area contributed by atoms with Gasteiger partial charge >= 0.3 is 6.09 Å². The highest BCUT2D eigenvalue weighted by Crippen LogP contribution is 2.18. The summed E-state index contributed by atoms with van der Waals surface area (Å²) in [6.07, 6.45) is -0.188. The molecule has 1 amide bonds. The fraction of sp³-hybridized carbons (Fsp3) is 0.923. The first-order valence-corrected chi connectivity index (χ1v) is 6.48. The largest absolute Gasteiger partial charge is 0.444 e. The SMILES string of the molecule is CCN1[C@H](C)CN(C(=O)OC(C)(C)C)C[C@@H]1C. The van der Waals surface area contributed by atoms with Gasteiger partial charge in [-0.15, -0.1) is 0 Å². The van der Waals surface area contributed by atoms with Crippen molar-refractivity contribution in [2.75, 3.05) is 19.6 Å². The van der Waals surface area contributed by atoms with Gasteiger partial charge in [0, 0.05) is 25.2 Å². The Morgan fingerprint density at radius 2 is 1.71 bits per heavy atom. The van der Waals surface area contributed by atoms with Gasteiger partial charge in [0.1, 0.15) is 5.60 Å². The number of amides is 1. The van der Waals surface area contributed by atoms with Gasteiger partial charge in [-0.25, -0.2) is 4.79 Å². The zero-order valence-electron chi connectivity index (χ0n) is 12.0. The Labute approximate surface area is 105 Å². The van der Waals surface area contributed by atoms with Gasteiger partial charge in [-0.1, -0.05) is 6.92 Å². The molecule has 1 heterocycles. The number of likely N-dealkylation sites (N-methyl/N-ethyl adjacent to an activating group) is 1. The number of piperazine rings is 1. The van der Waals surface area contributed by atoms with Crippen LogP contribution in [0.1, 0.15) is 41.5 Å². The predicted molar refractivity (Wildman–Crippen MR) is 69.1 cm³/mol. The average molecular weight is 242 g/mol. The third kappa shape index (κ3) is 3.87. The molecule has 1 aliphatic rings. The Morgan fingerprint density at radius 3 is 2.06 bits per heavy atom. The van der Waals surface area contributed by atoms with E-state index in [4.69, 9.17) is 4.74 Å². The maximum absolute atomic E-state index is 12.0. The lowest BCUT2D eigenvalue weighted by atomic mass is 10.1. The summed E-state index contributed by atoms with van der Waals surface area (Å²) in [7, 11) is 0. The van der Waals surface area contributed by atoms with Gasteiger partial charge < -0.3 is 9.64 Å². The first-order valence-electron chi connectivity index (χ1n) is 6.48. The minimum atomic E-state index is -0.411. The van der Waals surface area contributed by atoms with Gasteiger partial charge in [-0.3, -0.25) is 4.90 Å². The molecule has 1 fully saturated rings. The van der Waals surface area contributed by atoms with E-state index in [2.05, 4.69) is 25.7 Å². The topological polar surface area (TPSA) is 32.8 Å². The molecule has 0 aromatic carbocycles. The molecule has 0 unspecified atom stereocenters. The molecule has 0 N–H and O–H groups in total. The van der Waals surface area contributed by atoms with Gasteiger partial charge in [0.2, 0.25) is 0 Å². The van der Waals surface area contributed by atoms with E-state index >= 15 is 0 Å². The van der Waals surface area contributed by atoms with Gasteiger partial charge in [0.25, 0.3) is 0 Å². The van der Waals surface area contributed by atoms with Crippen molar-refractivity contribution in [2.24, 2.45) is 0 Å². The fourth-order valence-electron chi connectivity index (χ4n) is 2.46. The van der Waals surface area contributed by atoms with Crippen LogP contribution >= 0.6 is 0 Å². The Hall–Kier alpha value is -0.770. The highest BCUT2D eigenvalue weighted by atomic mass is 16.6. The molecule has 0 saturated carbocycles. The summed E-state index contributed by atoms with van der Waals surface area (Å²) in [5.41, 5.74) is -0.411. The van der Waals surface area contributed by atoms with E-state index < -0.39 is 5.60 Å². The summed E-state index contributed by atoms with van der Waals surface area (Å²) < 4.78 is 5.41. The zero-order chi connectivity index (χ0) is 13.2. The number of nitrogens with zero attached hydrogens (tertiary/aromatic N) is 2. The molecule has 4 nitrogen and oxygen atoms in total. The van der Waals surface area contributed by atoms with E-state index in [-0.39, 0.29) is 6.09 Å². The molecule has 100 valence electrons. The van der Waals surface area contributed by atoms with Crippen LogP contribution in [0.2, 0.25) is 0 Å². The van der Waals surface area contributed by atoms with E-state index in [0.717, 1.165) is 19.6 Å². The van der Waals surface area contributed by atoms with E-state index in [0.29, 0.717) is 12.1 Å². The number of rotatable bonds is 1. The molecular formula is C13H26N2O2. The molecule has 1 saturated heterocycles. The zero-order valence-corrected chi connectivity index (χ0v) is 12.0. The van der Waals surface area contributed by atoms with Crippen LogP contribution in [0, 0.1) is 0 Å². The van der Waals surface area contributed by atoms with Crippen LogP contribution in [0.4, 0.5) is 4.79 Å². The van der Waals surface area contributed by atoms with Crippen molar-refractivity contribution in [1.82, 2.24) is 9.80 Å². The molecule has 0 aromatic rings. The molecule has 4 heteroatoms. The number of carbonyl (C=O) groups excluding carboxylic acids is 1. The van der Waals surface area contributed by atoms with Crippen LogP contribution in [-0.4, -0.2) is 53.2 Å². The number of hydrogen-bond donors (Lipinski definition) is 0. The van der Waals surface area contributed by atoms with Crippen molar-refractivity contribution in [1.29, 1.82) is 0 Å². The quantitative estimate of drug-likeness (QED) is 0.707. The molecule has 0 spiro atoms. The van der Waals surface area contributed by atoms with Crippen LogP contribution in [0.25, 0.3) is 0 Å².